The Hall–Kier alpha value is -0.340. The van der Waals surface area contributed by atoms with E-state index in [-0.39, 0.29) is 5.41 Å². The van der Waals surface area contributed by atoms with Gasteiger partial charge in [-0.3, -0.25) is 0 Å². The summed E-state index contributed by atoms with van der Waals surface area (Å²) in [6.07, 6.45) is 11.2. The van der Waals surface area contributed by atoms with Crippen molar-refractivity contribution in [2.45, 2.75) is 25.7 Å². The van der Waals surface area contributed by atoms with E-state index in [1.165, 1.54) is 29.0 Å². The van der Waals surface area contributed by atoms with Crippen LogP contribution < -0.4 is 0 Å². The van der Waals surface area contributed by atoms with Gasteiger partial charge in [-0.15, -0.1) is 24.9 Å². The topological polar surface area (TPSA) is 0 Å². The molecule has 86 valence electrons. The van der Waals surface area contributed by atoms with Crippen LogP contribution >= 0.6 is 24.0 Å². The Bertz CT molecular complexity index is 354. The maximum Gasteiger partial charge on any atom is 0.0231 e. The smallest absolute Gasteiger partial charge is 0.0231 e. The summed E-state index contributed by atoms with van der Waals surface area (Å²) < 4.78 is 0. The number of hydrogen-bond donors (Lipinski definition) is 0. The number of fused-ring (bicyclic) bond motifs is 1. The van der Waals surface area contributed by atoms with Crippen molar-refractivity contribution < 1.29 is 0 Å². The van der Waals surface area contributed by atoms with Crippen molar-refractivity contribution >= 4 is 28.8 Å². The van der Waals surface area contributed by atoms with E-state index in [0.29, 0.717) is 5.92 Å². The summed E-state index contributed by atoms with van der Waals surface area (Å²) in [7, 11) is 0. The van der Waals surface area contributed by atoms with Crippen molar-refractivity contribution in [1.29, 1.82) is 0 Å². The van der Waals surface area contributed by atoms with E-state index in [1.807, 2.05) is 23.9 Å². The van der Waals surface area contributed by atoms with Gasteiger partial charge in [-0.1, -0.05) is 30.8 Å². The molecule has 1 fully saturated rings. The normalized spacial score (nSPS) is 32.4. The van der Waals surface area contributed by atoms with Gasteiger partial charge in [0.2, 0.25) is 0 Å². The predicted molar refractivity (Wildman–Crippen MR) is 77.9 cm³/mol. The van der Waals surface area contributed by atoms with Gasteiger partial charge in [0.25, 0.3) is 0 Å². The van der Waals surface area contributed by atoms with Crippen LogP contribution in [0.3, 0.4) is 0 Å². The van der Waals surface area contributed by atoms with Crippen LogP contribution in [0.25, 0.3) is 0 Å². The Morgan fingerprint density at radius 1 is 1.50 bits per heavy atom. The van der Waals surface area contributed by atoms with Crippen LogP contribution in [0.1, 0.15) is 25.7 Å². The molecule has 2 aliphatic rings. The number of thiocarbonyl (C=S) groups is 1. The fourth-order valence-electron chi connectivity index (χ4n) is 3.06. The average Bonchev–Trinajstić information content (AvgIpc) is 2.78. The lowest BCUT2D eigenvalue weighted by Gasteiger charge is -2.29. The quantitative estimate of drug-likeness (QED) is 0.519. The lowest BCUT2D eigenvalue weighted by Crippen LogP contribution is -2.27. The lowest BCUT2D eigenvalue weighted by molar-refractivity contribution is 0.378. The molecule has 0 radical (unpaired) electrons. The number of thioether (sulfide) groups is 1. The summed E-state index contributed by atoms with van der Waals surface area (Å²) >= 11 is 7.51. The second-order valence-electron chi connectivity index (χ2n) is 4.60. The van der Waals surface area contributed by atoms with E-state index >= 15 is 0 Å². The molecule has 0 bridgehead atoms. The van der Waals surface area contributed by atoms with Gasteiger partial charge in [-0.2, -0.15) is 0 Å². The van der Waals surface area contributed by atoms with Crippen LogP contribution in [0.15, 0.2) is 36.3 Å². The first-order valence-electron chi connectivity index (χ1n) is 5.85. The van der Waals surface area contributed by atoms with Crippen LogP contribution in [0, 0.1) is 11.3 Å². The first-order chi connectivity index (χ1) is 7.74. The molecule has 0 aliphatic heterocycles. The Morgan fingerprint density at radius 3 is 3.00 bits per heavy atom. The zero-order valence-corrected chi connectivity index (χ0v) is 11.2. The molecule has 2 atom stereocenters. The minimum absolute atomic E-state index is 0.251. The Labute approximate surface area is 108 Å². The third-order valence-electron chi connectivity index (χ3n) is 3.77. The van der Waals surface area contributed by atoms with E-state index < -0.39 is 0 Å². The summed E-state index contributed by atoms with van der Waals surface area (Å²) in [6.45, 7) is 7.68. The van der Waals surface area contributed by atoms with E-state index in [9.17, 15) is 0 Å². The van der Waals surface area contributed by atoms with E-state index in [0.717, 1.165) is 12.2 Å². The van der Waals surface area contributed by atoms with Crippen LogP contribution in [0.4, 0.5) is 0 Å². The number of allylic oxidation sites excluding steroid dienone is 3. The SMILES string of the molecule is C=CCSC1=CC(=S)[C@@]2(CC=C)CCC[C@@H]12. The molecule has 0 aromatic carbocycles. The van der Waals surface area contributed by atoms with Gasteiger partial charge in [0, 0.05) is 22.0 Å². The van der Waals surface area contributed by atoms with Crippen molar-refractivity contribution in [3.63, 3.8) is 0 Å². The predicted octanol–water partition coefficient (Wildman–Crippen LogP) is 4.54. The molecule has 2 aliphatic carbocycles. The molecule has 0 spiro atoms. The van der Waals surface area contributed by atoms with Crippen LogP contribution in [-0.4, -0.2) is 10.6 Å². The minimum Gasteiger partial charge on any atom is -0.126 e. The molecule has 0 N–H and O–H groups in total. The Balaban J connectivity index is 2.20. The second-order valence-corrected chi connectivity index (χ2v) is 6.14. The van der Waals surface area contributed by atoms with Gasteiger partial charge in [0.05, 0.1) is 0 Å². The molecule has 2 heteroatoms. The number of rotatable bonds is 5. The lowest BCUT2D eigenvalue weighted by atomic mass is 9.76. The minimum atomic E-state index is 0.251. The van der Waals surface area contributed by atoms with Gasteiger partial charge in [0.15, 0.2) is 0 Å². The molecule has 0 saturated heterocycles. The highest BCUT2D eigenvalue weighted by molar-refractivity contribution is 8.03. The fraction of sp³-hybridized carbons (Fsp3) is 0.500. The highest BCUT2D eigenvalue weighted by atomic mass is 32.2. The molecule has 0 unspecified atom stereocenters. The molecule has 0 aromatic heterocycles. The highest BCUT2D eigenvalue weighted by Crippen LogP contribution is 2.57. The standard InChI is InChI=1S/C14H18S2/c1-3-7-14-8-5-6-11(14)12(10-13(14)15)16-9-4-2/h3-4,10-11H,1-2,5-9H2/t11-,14-/m0/s1. The molecular weight excluding hydrogens is 232 g/mol. The molecule has 1 saturated carbocycles. The zero-order chi connectivity index (χ0) is 11.6. The summed E-state index contributed by atoms with van der Waals surface area (Å²) in [5.41, 5.74) is 0.251. The molecule has 0 nitrogen and oxygen atoms in total. The summed E-state index contributed by atoms with van der Waals surface area (Å²) in [5, 5.41) is 0. The molecule has 0 aromatic rings. The number of hydrogen-bond acceptors (Lipinski definition) is 2. The molecule has 0 amide bonds. The molecule has 16 heavy (non-hydrogen) atoms. The Morgan fingerprint density at radius 2 is 2.31 bits per heavy atom. The largest absolute Gasteiger partial charge is 0.126 e. The maximum absolute atomic E-state index is 5.60. The van der Waals surface area contributed by atoms with Crippen molar-refractivity contribution in [3.8, 4) is 0 Å². The fourth-order valence-corrected chi connectivity index (χ4v) is 4.64. The second kappa shape index (κ2) is 4.89. The molecular formula is C14H18S2. The summed E-state index contributed by atoms with van der Waals surface area (Å²) in [6, 6.07) is 0. The third kappa shape index (κ3) is 1.82. The zero-order valence-electron chi connectivity index (χ0n) is 9.58. The maximum atomic E-state index is 5.60. The van der Waals surface area contributed by atoms with Crippen molar-refractivity contribution in [1.82, 2.24) is 0 Å². The summed E-state index contributed by atoms with van der Waals surface area (Å²) in [4.78, 5) is 2.66. The first-order valence-corrected chi connectivity index (χ1v) is 7.24. The van der Waals surface area contributed by atoms with Crippen LogP contribution in [0.2, 0.25) is 0 Å². The Kier molecular flexibility index (Phi) is 3.70. The van der Waals surface area contributed by atoms with E-state index in [2.05, 4.69) is 19.2 Å². The van der Waals surface area contributed by atoms with Crippen molar-refractivity contribution in [2.75, 3.05) is 5.75 Å². The van der Waals surface area contributed by atoms with Gasteiger partial charge in [-0.25, -0.2) is 0 Å². The first kappa shape index (κ1) is 12.1. The van der Waals surface area contributed by atoms with E-state index in [4.69, 9.17) is 12.2 Å². The molecule has 0 heterocycles. The van der Waals surface area contributed by atoms with Gasteiger partial charge < -0.3 is 0 Å². The van der Waals surface area contributed by atoms with Crippen molar-refractivity contribution in [3.05, 3.63) is 36.3 Å². The molecule has 2 rings (SSSR count). The van der Waals surface area contributed by atoms with Gasteiger partial charge >= 0.3 is 0 Å². The van der Waals surface area contributed by atoms with Gasteiger partial charge in [0.1, 0.15) is 0 Å². The van der Waals surface area contributed by atoms with Crippen molar-refractivity contribution in [2.24, 2.45) is 11.3 Å². The highest BCUT2D eigenvalue weighted by Gasteiger charge is 2.49. The van der Waals surface area contributed by atoms with E-state index in [1.54, 1.807) is 0 Å². The average molecular weight is 250 g/mol. The van der Waals surface area contributed by atoms with Crippen LogP contribution in [0.5, 0.6) is 0 Å². The summed E-state index contributed by atoms with van der Waals surface area (Å²) in [5.74, 6) is 1.66. The van der Waals surface area contributed by atoms with Gasteiger partial charge in [-0.05, 0) is 30.2 Å². The third-order valence-corrected chi connectivity index (χ3v) is 5.43. The monoisotopic (exact) mass is 250 g/mol. The van der Waals surface area contributed by atoms with Crippen LogP contribution in [-0.2, 0) is 0 Å².